The smallest absolute Gasteiger partial charge is 0.338 e. The number of rotatable bonds is 6. The molecule has 0 aliphatic carbocycles. The van der Waals surface area contributed by atoms with Crippen molar-refractivity contribution in [1.82, 2.24) is 4.98 Å². The molecule has 1 aromatic heterocycles. The topological polar surface area (TPSA) is 131 Å². The molecular formula is C17H16N2O6. The highest BCUT2D eigenvalue weighted by molar-refractivity contribution is 6.06. The fourth-order valence-corrected chi connectivity index (χ4v) is 2.72. The van der Waals surface area contributed by atoms with Crippen LogP contribution in [0, 0.1) is 10.1 Å². The largest absolute Gasteiger partial charge is 0.478 e. The number of carboxylic acid groups (broad SMARTS) is 2. The second-order valence-corrected chi connectivity index (χ2v) is 5.26. The van der Waals surface area contributed by atoms with E-state index >= 15 is 0 Å². The summed E-state index contributed by atoms with van der Waals surface area (Å²) in [6, 6.07) is 5.28. The molecule has 0 radical (unpaired) electrons. The zero-order chi connectivity index (χ0) is 18.7. The number of non-ortho nitro benzene ring substituents is 1. The minimum Gasteiger partial charge on any atom is -0.478 e. The maximum absolute atomic E-state index is 11.8. The molecule has 0 bridgehead atoms. The SMILES string of the molecule is CCc1nc(CC)c(C(=O)O)c(-c2cccc([N+](=O)[O-])c2)c1C(=O)O. The average Bonchev–Trinajstić information content (AvgIpc) is 2.59. The summed E-state index contributed by atoms with van der Waals surface area (Å²) in [5.41, 5.74) is -0.122. The first-order valence-corrected chi connectivity index (χ1v) is 7.58. The van der Waals surface area contributed by atoms with Crippen molar-refractivity contribution in [2.24, 2.45) is 0 Å². The van der Waals surface area contributed by atoms with Crippen molar-refractivity contribution >= 4 is 17.6 Å². The van der Waals surface area contributed by atoms with Crippen LogP contribution in [0.15, 0.2) is 24.3 Å². The molecule has 0 fully saturated rings. The van der Waals surface area contributed by atoms with Gasteiger partial charge in [0.05, 0.1) is 27.4 Å². The number of aryl methyl sites for hydroxylation is 2. The molecule has 0 spiro atoms. The van der Waals surface area contributed by atoms with E-state index in [1.807, 2.05) is 0 Å². The number of nitro groups is 1. The molecule has 8 nitrogen and oxygen atoms in total. The molecule has 2 N–H and O–H groups in total. The van der Waals surface area contributed by atoms with Gasteiger partial charge in [0.25, 0.3) is 5.69 Å². The van der Waals surface area contributed by atoms with Crippen LogP contribution in [0.4, 0.5) is 5.69 Å². The lowest BCUT2D eigenvalue weighted by molar-refractivity contribution is -0.384. The molecule has 0 atom stereocenters. The van der Waals surface area contributed by atoms with E-state index in [9.17, 15) is 29.9 Å². The highest BCUT2D eigenvalue weighted by Crippen LogP contribution is 2.34. The Morgan fingerprint density at radius 1 is 1.08 bits per heavy atom. The fourth-order valence-electron chi connectivity index (χ4n) is 2.72. The number of aromatic nitrogens is 1. The quantitative estimate of drug-likeness (QED) is 0.607. The van der Waals surface area contributed by atoms with Crippen LogP contribution < -0.4 is 0 Å². The summed E-state index contributed by atoms with van der Waals surface area (Å²) >= 11 is 0. The third-order valence-electron chi connectivity index (χ3n) is 3.79. The van der Waals surface area contributed by atoms with Crippen molar-refractivity contribution in [2.75, 3.05) is 0 Å². The van der Waals surface area contributed by atoms with E-state index in [1.54, 1.807) is 13.8 Å². The zero-order valence-corrected chi connectivity index (χ0v) is 13.6. The standard InChI is InChI=1S/C17H16N2O6/c1-3-11-14(16(20)21)13(15(17(22)23)12(4-2)18-11)9-6-5-7-10(8-9)19(24)25/h5-8H,3-4H2,1-2H3,(H,20,21)(H,22,23). The van der Waals surface area contributed by atoms with Gasteiger partial charge in [-0.3, -0.25) is 15.1 Å². The van der Waals surface area contributed by atoms with Gasteiger partial charge in [0.2, 0.25) is 0 Å². The number of hydrogen-bond donors (Lipinski definition) is 2. The number of benzene rings is 1. The first-order chi connectivity index (χ1) is 11.8. The molecule has 1 heterocycles. The molecule has 1 aromatic carbocycles. The molecule has 2 aromatic rings. The summed E-state index contributed by atoms with van der Waals surface area (Å²) in [7, 11) is 0. The molecular weight excluding hydrogens is 328 g/mol. The Labute approximate surface area is 142 Å². The molecule has 130 valence electrons. The van der Waals surface area contributed by atoms with Gasteiger partial charge >= 0.3 is 11.9 Å². The van der Waals surface area contributed by atoms with Crippen molar-refractivity contribution in [1.29, 1.82) is 0 Å². The Morgan fingerprint density at radius 3 is 2.00 bits per heavy atom. The van der Waals surface area contributed by atoms with E-state index in [0.717, 1.165) is 0 Å². The Morgan fingerprint density at radius 2 is 1.60 bits per heavy atom. The number of carbonyl (C=O) groups is 2. The molecule has 8 heteroatoms. The maximum Gasteiger partial charge on any atom is 0.338 e. The Hall–Kier alpha value is -3.29. The van der Waals surface area contributed by atoms with E-state index in [4.69, 9.17) is 0 Å². The predicted octanol–water partition coefficient (Wildman–Crippen LogP) is 3.18. The van der Waals surface area contributed by atoms with E-state index in [2.05, 4.69) is 4.98 Å². The van der Waals surface area contributed by atoms with Gasteiger partial charge in [0.15, 0.2) is 0 Å². The van der Waals surface area contributed by atoms with Gasteiger partial charge in [0, 0.05) is 17.7 Å². The van der Waals surface area contributed by atoms with Crippen molar-refractivity contribution in [3.63, 3.8) is 0 Å². The van der Waals surface area contributed by atoms with Crippen LogP contribution >= 0.6 is 0 Å². The van der Waals surface area contributed by atoms with Gasteiger partial charge in [-0.2, -0.15) is 0 Å². The van der Waals surface area contributed by atoms with Gasteiger partial charge in [-0.25, -0.2) is 9.59 Å². The molecule has 2 rings (SSSR count). The lowest BCUT2D eigenvalue weighted by Crippen LogP contribution is -2.16. The van der Waals surface area contributed by atoms with Gasteiger partial charge < -0.3 is 10.2 Å². The van der Waals surface area contributed by atoms with Crippen LogP contribution in [-0.4, -0.2) is 32.1 Å². The third-order valence-corrected chi connectivity index (χ3v) is 3.79. The third kappa shape index (κ3) is 3.32. The molecule has 0 unspecified atom stereocenters. The number of pyridine rings is 1. The number of hydrogen-bond acceptors (Lipinski definition) is 5. The Kier molecular flexibility index (Phi) is 5.11. The van der Waals surface area contributed by atoms with Gasteiger partial charge in [-0.15, -0.1) is 0 Å². The summed E-state index contributed by atoms with van der Waals surface area (Å²) in [5, 5.41) is 30.3. The fraction of sp³-hybridized carbons (Fsp3) is 0.235. The summed E-state index contributed by atoms with van der Waals surface area (Å²) < 4.78 is 0. The first kappa shape index (κ1) is 18.1. The van der Waals surface area contributed by atoms with Crippen LogP contribution in [0.2, 0.25) is 0 Å². The van der Waals surface area contributed by atoms with E-state index < -0.39 is 16.9 Å². The van der Waals surface area contributed by atoms with Gasteiger partial charge in [-0.1, -0.05) is 26.0 Å². The lowest BCUT2D eigenvalue weighted by atomic mass is 9.90. The normalized spacial score (nSPS) is 10.5. The highest BCUT2D eigenvalue weighted by Gasteiger charge is 2.28. The maximum atomic E-state index is 11.8. The van der Waals surface area contributed by atoms with Crippen molar-refractivity contribution in [2.45, 2.75) is 26.7 Å². The zero-order valence-electron chi connectivity index (χ0n) is 13.6. The molecule has 0 saturated heterocycles. The molecule has 0 aliphatic heterocycles. The van der Waals surface area contributed by atoms with E-state index in [0.29, 0.717) is 0 Å². The van der Waals surface area contributed by atoms with Crippen LogP contribution in [-0.2, 0) is 12.8 Å². The number of nitrogens with zero attached hydrogens (tertiary/aromatic N) is 2. The highest BCUT2D eigenvalue weighted by atomic mass is 16.6. The predicted molar refractivity (Wildman–Crippen MR) is 89.0 cm³/mol. The second kappa shape index (κ2) is 7.08. The second-order valence-electron chi connectivity index (χ2n) is 5.26. The molecule has 25 heavy (non-hydrogen) atoms. The summed E-state index contributed by atoms with van der Waals surface area (Å²) in [5.74, 6) is -2.65. The van der Waals surface area contributed by atoms with Crippen molar-refractivity contribution in [3.05, 3.63) is 56.9 Å². The van der Waals surface area contributed by atoms with Crippen LogP contribution in [0.3, 0.4) is 0 Å². The number of carboxylic acids is 2. The minimum absolute atomic E-state index is 0.0487. The summed E-state index contributed by atoms with van der Waals surface area (Å²) in [4.78, 5) is 38.2. The monoisotopic (exact) mass is 344 g/mol. The molecule has 0 saturated carbocycles. The van der Waals surface area contributed by atoms with E-state index in [1.165, 1.54) is 24.3 Å². The number of aromatic carboxylic acids is 2. The number of nitro benzene ring substituents is 1. The van der Waals surface area contributed by atoms with Crippen molar-refractivity contribution < 1.29 is 24.7 Å². The molecule has 0 amide bonds. The first-order valence-electron chi connectivity index (χ1n) is 7.58. The Bertz CT molecular complexity index is 835. The Balaban J connectivity index is 2.99. The summed E-state index contributed by atoms with van der Waals surface area (Å²) in [6.45, 7) is 3.43. The minimum atomic E-state index is -1.32. The van der Waals surface area contributed by atoms with Crippen LogP contribution in [0.1, 0.15) is 46.0 Å². The van der Waals surface area contributed by atoms with E-state index in [-0.39, 0.29) is 52.2 Å². The average molecular weight is 344 g/mol. The van der Waals surface area contributed by atoms with Crippen molar-refractivity contribution in [3.8, 4) is 11.1 Å². The van der Waals surface area contributed by atoms with Gasteiger partial charge in [0.1, 0.15) is 0 Å². The summed E-state index contributed by atoms with van der Waals surface area (Å²) in [6.07, 6.45) is 0.576. The van der Waals surface area contributed by atoms with Crippen LogP contribution in [0.5, 0.6) is 0 Å². The van der Waals surface area contributed by atoms with Crippen LogP contribution in [0.25, 0.3) is 11.1 Å². The molecule has 0 aliphatic rings. The lowest BCUT2D eigenvalue weighted by Gasteiger charge is -2.16. The van der Waals surface area contributed by atoms with Gasteiger partial charge in [-0.05, 0) is 18.4 Å².